The summed E-state index contributed by atoms with van der Waals surface area (Å²) in [6.45, 7) is 8.41. The summed E-state index contributed by atoms with van der Waals surface area (Å²) >= 11 is 5.82. The van der Waals surface area contributed by atoms with Crippen molar-refractivity contribution in [2.24, 2.45) is 5.92 Å². The Kier molecular flexibility index (Phi) is 5.89. The molecule has 7 heteroatoms. The Hall–Kier alpha value is -3.58. The summed E-state index contributed by atoms with van der Waals surface area (Å²) < 4.78 is 12.6. The molecule has 0 radical (unpaired) electrons. The van der Waals surface area contributed by atoms with Crippen molar-refractivity contribution in [3.63, 3.8) is 0 Å². The molecule has 2 N–H and O–H groups in total. The number of rotatable bonds is 5. The first-order valence-corrected chi connectivity index (χ1v) is 12.2. The van der Waals surface area contributed by atoms with Gasteiger partial charge in [-0.2, -0.15) is 0 Å². The molecule has 2 aliphatic rings. The fourth-order valence-electron chi connectivity index (χ4n) is 5.17. The summed E-state index contributed by atoms with van der Waals surface area (Å²) in [6, 6.07) is 21.2. The Morgan fingerprint density at radius 3 is 2.63 bits per heavy atom. The van der Waals surface area contributed by atoms with Gasteiger partial charge in [-0.25, -0.2) is 0 Å². The first kappa shape index (κ1) is 23.2. The van der Waals surface area contributed by atoms with Crippen molar-refractivity contribution in [3.8, 4) is 11.5 Å². The minimum atomic E-state index is -1.10. The van der Waals surface area contributed by atoms with Crippen LogP contribution < -0.4 is 25.0 Å². The molecular formula is C28H29N3O3S. The second-order valence-corrected chi connectivity index (χ2v) is 9.53. The van der Waals surface area contributed by atoms with E-state index in [1.807, 2.05) is 93.3 Å². The molecule has 0 aliphatic carbocycles. The number of nitrogens with zero attached hydrogens (tertiary/aromatic N) is 1. The SMILES string of the molecule is CCOc1cccc2c1O[C@]1(C)[C@@H](C(=O)Nc3ccc(C)cc3C)[C@@H]2NC(=S)N1c1ccccc1. The number of fused-ring (bicyclic) bond motifs is 4. The third-order valence-electron chi connectivity index (χ3n) is 6.73. The lowest BCUT2D eigenvalue weighted by atomic mass is 9.78. The van der Waals surface area contributed by atoms with E-state index >= 15 is 0 Å². The molecule has 3 atom stereocenters. The van der Waals surface area contributed by atoms with Crippen LogP contribution in [-0.4, -0.2) is 23.4 Å². The molecule has 35 heavy (non-hydrogen) atoms. The predicted octanol–water partition coefficient (Wildman–Crippen LogP) is 5.50. The van der Waals surface area contributed by atoms with Crippen molar-refractivity contribution in [3.05, 3.63) is 83.4 Å². The lowest BCUT2D eigenvalue weighted by molar-refractivity contribution is -0.130. The van der Waals surface area contributed by atoms with Gasteiger partial charge in [0.25, 0.3) is 0 Å². The number of aryl methyl sites for hydroxylation is 2. The van der Waals surface area contributed by atoms with Gasteiger partial charge in [-0.15, -0.1) is 0 Å². The first-order valence-electron chi connectivity index (χ1n) is 11.8. The van der Waals surface area contributed by atoms with E-state index in [9.17, 15) is 4.79 Å². The van der Waals surface area contributed by atoms with Gasteiger partial charge < -0.3 is 20.1 Å². The van der Waals surface area contributed by atoms with E-state index in [1.54, 1.807) is 0 Å². The predicted molar refractivity (Wildman–Crippen MR) is 142 cm³/mol. The Bertz CT molecular complexity index is 1300. The van der Waals surface area contributed by atoms with Crippen LogP contribution in [-0.2, 0) is 4.79 Å². The number of benzene rings is 3. The highest BCUT2D eigenvalue weighted by atomic mass is 32.1. The Balaban J connectivity index is 1.64. The van der Waals surface area contributed by atoms with Crippen LogP contribution in [0.4, 0.5) is 11.4 Å². The van der Waals surface area contributed by atoms with E-state index < -0.39 is 11.6 Å². The third-order valence-corrected chi connectivity index (χ3v) is 7.03. The third kappa shape index (κ3) is 3.90. The van der Waals surface area contributed by atoms with Crippen LogP contribution in [0.5, 0.6) is 11.5 Å². The number of anilines is 2. The lowest BCUT2D eigenvalue weighted by Crippen LogP contribution is -2.72. The van der Waals surface area contributed by atoms with E-state index in [-0.39, 0.29) is 11.9 Å². The van der Waals surface area contributed by atoms with Gasteiger partial charge in [-0.3, -0.25) is 9.69 Å². The zero-order valence-corrected chi connectivity index (χ0v) is 21.1. The summed E-state index contributed by atoms with van der Waals surface area (Å²) in [4.78, 5) is 15.9. The van der Waals surface area contributed by atoms with Crippen molar-refractivity contribution in [2.75, 3.05) is 16.8 Å². The quantitative estimate of drug-likeness (QED) is 0.464. The van der Waals surface area contributed by atoms with Gasteiger partial charge in [0.1, 0.15) is 5.92 Å². The normalized spacial score (nSPS) is 22.5. The van der Waals surface area contributed by atoms with Crippen molar-refractivity contribution < 1.29 is 14.3 Å². The summed E-state index contributed by atoms with van der Waals surface area (Å²) in [5.41, 5.74) is 3.52. The molecule has 5 rings (SSSR count). The average molecular weight is 488 g/mol. The number of thiocarbonyl (C=S) groups is 1. The van der Waals surface area contributed by atoms with Crippen LogP contribution in [0.1, 0.15) is 36.6 Å². The van der Waals surface area contributed by atoms with Crippen LogP contribution in [0.3, 0.4) is 0 Å². The summed E-state index contributed by atoms with van der Waals surface area (Å²) in [5, 5.41) is 7.11. The standard InChI is InChI=1S/C28H29N3O3S/c1-5-33-22-13-9-12-20-24-23(26(32)29-21-15-14-17(2)16-18(21)3)28(4,34-25(20)22)31(27(35)30-24)19-10-7-6-8-11-19/h6-16,23-24H,5H2,1-4H3,(H,29,32)(H,30,35)/t23-,24-,28-/m1/s1. The van der Waals surface area contributed by atoms with E-state index in [4.69, 9.17) is 21.7 Å². The van der Waals surface area contributed by atoms with Crippen molar-refractivity contribution >= 4 is 34.6 Å². The lowest BCUT2D eigenvalue weighted by Gasteiger charge is -2.56. The fourth-order valence-corrected chi connectivity index (χ4v) is 5.58. The molecule has 0 saturated carbocycles. The second kappa shape index (κ2) is 8.89. The topological polar surface area (TPSA) is 62.8 Å². The van der Waals surface area contributed by atoms with Gasteiger partial charge in [0.15, 0.2) is 22.3 Å². The molecule has 0 aromatic heterocycles. The Labute approximate surface area is 211 Å². The summed E-state index contributed by atoms with van der Waals surface area (Å²) in [5.74, 6) is 0.526. The Morgan fingerprint density at radius 2 is 1.91 bits per heavy atom. The highest BCUT2D eigenvalue weighted by molar-refractivity contribution is 7.80. The molecule has 2 aliphatic heterocycles. The van der Waals surface area contributed by atoms with Crippen molar-refractivity contribution in [1.82, 2.24) is 5.32 Å². The number of nitrogens with one attached hydrogen (secondary N) is 2. The molecule has 1 saturated heterocycles. The maximum atomic E-state index is 14.0. The summed E-state index contributed by atoms with van der Waals surface area (Å²) in [6.07, 6.45) is 0. The van der Waals surface area contributed by atoms with Crippen LogP contribution in [0, 0.1) is 19.8 Å². The van der Waals surface area contributed by atoms with Gasteiger partial charge in [0, 0.05) is 16.9 Å². The fraction of sp³-hybridized carbons (Fsp3) is 0.286. The average Bonchev–Trinajstić information content (AvgIpc) is 2.82. The van der Waals surface area contributed by atoms with Gasteiger partial charge in [-0.1, -0.05) is 48.0 Å². The number of para-hydroxylation sites is 2. The van der Waals surface area contributed by atoms with Gasteiger partial charge in [0.2, 0.25) is 5.91 Å². The Morgan fingerprint density at radius 1 is 1.14 bits per heavy atom. The van der Waals surface area contributed by atoms with E-state index in [0.717, 1.165) is 28.1 Å². The first-order chi connectivity index (χ1) is 16.8. The van der Waals surface area contributed by atoms with Crippen LogP contribution >= 0.6 is 12.2 Å². The molecule has 2 heterocycles. The van der Waals surface area contributed by atoms with Crippen molar-refractivity contribution in [2.45, 2.75) is 39.5 Å². The molecule has 180 valence electrons. The van der Waals surface area contributed by atoms with Gasteiger partial charge >= 0.3 is 0 Å². The molecule has 3 aromatic carbocycles. The largest absolute Gasteiger partial charge is 0.490 e. The van der Waals surface area contributed by atoms with Crippen LogP contribution in [0.2, 0.25) is 0 Å². The molecule has 0 spiro atoms. The minimum absolute atomic E-state index is 0.146. The molecule has 0 unspecified atom stereocenters. The second-order valence-electron chi connectivity index (χ2n) is 9.15. The van der Waals surface area contributed by atoms with Crippen LogP contribution in [0.15, 0.2) is 66.7 Å². The van der Waals surface area contributed by atoms with E-state index in [2.05, 4.69) is 16.7 Å². The van der Waals surface area contributed by atoms with Crippen molar-refractivity contribution in [1.29, 1.82) is 0 Å². The number of carbonyl (C=O) groups is 1. The number of ether oxygens (including phenoxy) is 2. The molecule has 3 aromatic rings. The zero-order chi connectivity index (χ0) is 24.7. The smallest absolute Gasteiger partial charge is 0.236 e. The van der Waals surface area contributed by atoms with Gasteiger partial charge in [-0.05, 0) is 69.7 Å². The number of carbonyl (C=O) groups excluding carboxylic acids is 1. The van der Waals surface area contributed by atoms with Gasteiger partial charge in [0.05, 0.1) is 12.6 Å². The maximum Gasteiger partial charge on any atom is 0.236 e. The van der Waals surface area contributed by atoms with E-state index in [0.29, 0.717) is 23.2 Å². The minimum Gasteiger partial charge on any atom is -0.490 e. The monoisotopic (exact) mass is 487 g/mol. The zero-order valence-electron chi connectivity index (χ0n) is 20.3. The molecule has 1 fully saturated rings. The molecular weight excluding hydrogens is 458 g/mol. The number of amides is 1. The molecule has 1 amide bonds. The number of hydrogen-bond donors (Lipinski definition) is 2. The highest BCUT2D eigenvalue weighted by Gasteiger charge is 2.59. The van der Waals surface area contributed by atoms with E-state index in [1.165, 1.54) is 0 Å². The maximum absolute atomic E-state index is 14.0. The number of hydrogen-bond acceptors (Lipinski definition) is 4. The van der Waals surface area contributed by atoms with Crippen LogP contribution in [0.25, 0.3) is 0 Å². The summed E-state index contributed by atoms with van der Waals surface area (Å²) in [7, 11) is 0. The highest BCUT2D eigenvalue weighted by Crippen LogP contribution is 2.52. The molecule has 2 bridgehead atoms. The molecule has 6 nitrogen and oxygen atoms in total.